The Balaban J connectivity index is 0.00000150. The predicted octanol–water partition coefficient (Wildman–Crippen LogP) is 3.81. The van der Waals surface area contributed by atoms with Gasteiger partial charge in [-0.2, -0.15) is 0 Å². The second-order valence-corrected chi connectivity index (χ2v) is 8.41. The van der Waals surface area contributed by atoms with E-state index in [9.17, 15) is 13.6 Å². The molecule has 1 aromatic rings. The first-order valence-electron chi connectivity index (χ1n) is 10.3. The van der Waals surface area contributed by atoms with Gasteiger partial charge in [-0.05, 0) is 55.7 Å². The molecule has 3 fully saturated rings. The topological polar surface area (TPSA) is 44.4 Å². The molecule has 0 spiro atoms. The van der Waals surface area contributed by atoms with Gasteiger partial charge in [0.1, 0.15) is 0 Å². The van der Waals surface area contributed by atoms with Crippen LogP contribution in [0.2, 0.25) is 0 Å². The standard InChI is InChI=1S/C21H29F2N3O.2ClH/c22-17-6-5-14(11-18(17)23)13-26-9-7-16(8-10-26)24-21(27)20-12-15-3-1-2-4-19(15)25-20;;/h5-6,11,15-16,19-20,25H,1-4,7-10,12-13H2,(H,24,27);2*1H. The van der Waals surface area contributed by atoms with Gasteiger partial charge in [0.15, 0.2) is 11.6 Å². The molecule has 2 aliphatic heterocycles. The van der Waals surface area contributed by atoms with Crippen LogP contribution in [-0.2, 0) is 11.3 Å². The first-order chi connectivity index (χ1) is 13.1. The van der Waals surface area contributed by atoms with Crippen molar-refractivity contribution in [3.8, 4) is 0 Å². The van der Waals surface area contributed by atoms with E-state index in [2.05, 4.69) is 15.5 Å². The van der Waals surface area contributed by atoms with Crippen LogP contribution >= 0.6 is 24.8 Å². The zero-order valence-electron chi connectivity index (χ0n) is 16.5. The van der Waals surface area contributed by atoms with E-state index in [0.29, 0.717) is 18.5 Å². The molecular weight excluding hydrogens is 419 g/mol. The molecule has 2 saturated heterocycles. The molecule has 3 aliphatic rings. The second kappa shape index (κ2) is 10.9. The largest absolute Gasteiger partial charge is 0.352 e. The van der Waals surface area contributed by atoms with E-state index in [1.807, 2.05) is 0 Å². The number of carbonyl (C=O) groups is 1. The molecule has 2 heterocycles. The Morgan fingerprint density at radius 2 is 1.79 bits per heavy atom. The van der Waals surface area contributed by atoms with Gasteiger partial charge >= 0.3 is 0 Å². The number of carbonyl (C=O) groups excluding carboxylic acids is 1. The summed E-state index contributed by atoms with van der Waals surface area (Å²) in [6, 6.07) is 4.81. The van der Waals surface area contributed by atoms with Gasteiger partial charge in [0.2, 0.25) is 5.91 Å². The maximum Gasteiger partial charge on any atom is 0.237 e. The van der Waals surface area contributed by atoms with Gasteiger partial charge in [-0.15, -0.1) is 24.8 Å². The van der Waals surface area contributed by atoms with Gasteiger partial charge in [-0.1, -0.05) is 18.9 Å². The maximum atomic E-state index is 13.4. The van der Waals surface area contributed by atoms with Crippen molar-refractivity contribution in [2.24, 2.45) is 5.92 Å². The molecule has 2 N–H and O–H groups in total. The summed E-state index contributed by atoms with van der Waals surface area (Å²) in [7, 11) is 0. The fourth-order valence-corrected chi connectivity index (χ4v) is 4.95. The summed E-state index contributed by atoms with van der Waals surface area (Å²) in [5, 5.41) is 6.78. The molecule has 3 atom stereocenters. The van der Waals surface area contributed by atoms with Gasteiger partial charge < -0.3 is 10.6 Å². The van der Waals surface area contributed by atoms with Crippen LogP contribution < -0.4 is 10.6 Å². The lowest BCUT2D eigenvalue weighted by molar-refractivity contribution is -0.123. The number of likely N-dealkylation sites (tertiary alicyclic amines) is 1. The third kappa shape index (κ3) is 6.03. The molecule has 29 heavy (non-hydrogen) atoms. The molecule has 1 amide bonds. The highest BCUT2D eigenvalue weighted by atomic mass is 35.5. The fraction of sp³-hybridized carbons (Fsp3) is 0.667. The van der Waals surface area contributed by atoms with Crippen molar-refractivity contribution in [2.45, 2.75) is 69.6 Å². The average molecular weight is 450 g/mol. The normalized spacial score (nSPS) is 27.4. The molecule has 1 aliphatic carbocycles. The quantitative estimate of drug-likeness (QED) is 0.734. The smallest absolute Gasteiger partial charge is 0.237 e. The second-order valence-electron chi connectivity index (χ2n) is 8.41. The minimum atomic E-state index is -0.805. The Morgan fingerprint density at radius 1 is 1.07 bits per heavy atom. The van der Waals surface area contributed by atoms with Crippen LogP contribution in [0.15, 0.2) is 18.2 Å². The number of halogens is 4. The third-order valence-electron chi connectivity index (χ3n) is 6.50. The summed E-state index contributed by atoms with van der Waals surface area (Å²) in [5.41, 5.74) is 0.786. The number of nitrogens with zero attached hydrogens (tertiary/aromatic N) is 1. The van der Waals surface area contributed by atoms with Crippen molar-refractivity contribution < 1.29 is 13.6 Å². The van der Waals surface area contributed by atoms with Gasteiger partial charge in [0, 0.05) is 31.7 Å². The van der Waals surface area contributed by atoms with Crippen LogP contribution in [0, 0.1) is 17.6 Å². The molecule has 0 aromatic heterocycles. The first kappa shape index (κ1) is 24.3. The molecule has 164 valence electrons. The monoisotopic (exact) mass is 449 g/mol. The summed E-state index contributed by atoms with van der Waals surface area (Å²) in [6.07, 6.45) is 7.81. The van der Waals surface area contributed by atoms with Crippen LogP contribution in [0.5, 0.6) is 0 Å². The number of piperidine rings is 1. The summed E-state index contributed by atoms with van der Waals surface area (Å²) < 4.78 is 26.4. The molecular formula is C21H31Cl2F2N3O. The zero-order valence-corrected chi connectivity index (χ0v) is 18.2. The number of amides is 1. The Morgan fingerprint density at radius 3 is 2.48 bits per heavy atom. The fourth-order valence-electron chi connectivity index (χ4n) is 4.95. The van der Waals surface area contributed by atoms with Crippen molar-refractivity contribution >= 4 is 30.7 Å². The lowest BCUT2D eigenvalue weighted by atomic mass is 9.85. The highest BCUT2D eigenvalue weighted by Gasteiger charge is 2.38. The minimum absolute atomic E-state index is 0. The third-order valence-corrected chi connectivity index (χ3v) is 6.50. The number of hydrogen-bond donors (Lipinski definition) is 2. The molecule has 0 bridgehead atoms. The lowest BCUT2D eigenvalue weighted by Crippen LogP contribution is -2.50. The number of nitrogens with one attached hydrogen (secondary N) is 2. The van der Waals surface area contributed by atoms with E-state index in [0.717, 1.165) is 37.9 Å². The number of benzene rings is 1. The van der Waals surface area contributed by atoms with Crippen LogP contribution in [0.4, 0.5) is 8.78 Å². The number of hydrogen-bond acceptors (Lipinski definition) is 3. The van der Waals surface area contributed by atoms with E-state index in [4.69, 9.17) is 0 Å². The van der Waals surface area contributed by atoms with Crippen LogP contribution in [0.3, 0.4) is 0 Å². The first-order valence-corrected chi connectivity index (χ1v) is 10.3. The van der Waals surface area contributed by atoms with E-state index in [1.165, 1.54) is 37.8 Å². The van der Waals surface area contributed by atoms with E-state index in [-0.39, 0.29) is 42.8 Å². The predicted molar refractivity (Wildman–Crippen MR) is 115 cm³/mol. The molecule has 4 rings (SSSR count). The van der Waals surface area contributed by atoms with Gasteiger partial charge in [0.25, 0.3) is 0 Å². The Labute approximate surface area is 184 Å². The average Bonchev–Trinajstić information content (AvgIpc) is 3.11. The lowest BCUT2D eigenvalue weighted by Gasteiger charge is -2.33. The SMILES string of the molecule is Cl.Cl.O=C(NC1CCN(Cc2ccc(F)c(F)c2)CC1)C1CC2CCCCC2N1. The molecule has 8 heteroatoms. The summed E-state index contributed by atoms with van der Waals surface area (Å²) >= 11 is 0. The minimum Gasteiger partial charge on any atom is -0.352 e. The van der Waals surface area contributed by atoms with Crippen LogP contribution in [0.25, 0.3) is 0 Å². The molecule has 0 radical (unpaired) electrons. The maximum absolute atomic E-state index is 13.4. The van der Waals surface area contributed by atoms with Crippen molar-refractivity contribution in [2.75, 3.05) is 13.1 Å². The molecule has 1 saturated carbocycles. The van der Waals surface area contributed by atoms with Crippen molar-refractivity contribution in [3.05, 3.63) is 35.4 Å². The summed E-state index contributed by atoms with van der Waals surface area (Å²) in [6.45, 7) is 2.33. The van der Waals surface area contributed by atoms with E-state index >= 15 is 0 Å². The van der Waals surface area contributed by atoms with Gasteiger partial charge in [0.05, 0.1) is 6.04 Å². The Bertz CT molecular complexity index is 672. The van der Waals surface area contributed by atoms with Gasteiger partial charge in [-0.3, -0.25) is 9.69 Å². The van der Waals surface area contributed by atoms with Crippen molar-refractivity contribution in [1.29, 1.82) is 0 Å². The van der Waals surface area contributed by atoms with Crippen molar-refractivity contribution in [3.63, 3.8) is 0 Å². The summed E-state index contributed by atoms with van der Waals surface area (Å²) in [4.78, 5) is 14.9. The Kier molecular flexibility index (Phi) is 9.14. The van der Waals surface area contributed by atoms with E-state index in [1.54, 1.807) is 6.07 Å². The highest BCUT2D eigenvalue weighted by molar-refractivity contribution is 5.85. The van der Waals surface area contributed by atoms with Crippen molar-refractivity contribution in [1.82, 2.24) is 15.5 Å². The Hall–Kier alpha value is -0.950. The highest BCUT2D eigenvalue weighted by Crippen LogP contribution is 2.33. The molecule has 4 nitrogen and oxygen atoms in total. The van der Waals surface area contributed by atoms with E-state index < -0.39 is 11.6 Å². The molecule has 3 unspecified atom stereocenters. The zero-order chi connectivity index (χ0) is 18.8. The summed E-state index contributed by atoms with van der Waals surface area (Å²) in [5.74, 6) is -0.768. The van der Waals surface area contributed by atoms with Gasteiger partial charge in [-0.25, -0.2) is 8.78 Å². The van der Waals surface area contributed by atoms with Crippen LogP contribution in [0.1, 0.15) is 50.5 Å². The van der Waals surface area contributed by atoms with Crippen LogP contribution in [-0.4, -0.2) is 42.0 Å². The number of fused-ring (bicyclic) bond motifs is 1. The number of rotatable bonds is 4. The molecule has 1 aromatic carbocycles.